The predicted octanol–water partition coefficient (Wildman–Crippen LogP) is 4.74. The number of carbonyl (C=O) groups is 3. The minimum atomic E-state index is -1.19. The minimum absolute atomic E-state index is 0.0339. The number of ether oxygens (including phenoxy) is 1. The van der Waals surface area contributed by atoms with Crippen molar-refractivity contribution in [1.29, 1.82) is 5.41 Å². The molecule has 0 atom stereocenters. The Morgan fingerprint density at radius 3 is 2.09 bits per heavy atom. The molecule has 1 saturated heterocycles. The maximum absolute atomic E-state index is 15.5. The summed E-state index contributed by atoms with van der Waals surface area (Å²) in [5.74, 6) is -4.90. The Balaban J connectivity index is 1.87. The number of likely N-dealkylation sites (N-methyl/N-ethyl adjacent to an activating group) is 1. The van der Waals surface area contributed by atoms with Crippen LogP contribution >= 0.6 is 0 Å². The average Bonchev–Trinajstić information content (AvgIpc) is 2.98. The summed E-state index contributed by atoms with van der Waals surface area (Å²) >= 11 is 0. The Morgan fingerprint density at radius 1 is 0.932 bits per heavy atom. The standard InChI is InChI=1S/C30H30F3N7O4/c1-35-29(42)37-18-13-11-17(12-14-18)36-22(16-38(2)3)25-27(34)39(15-19-20(31)7-5-8-21(19)32)30(43)40(28(25)41)23-9-6-10-24(44-4)26(23)33/h5-14,34,36H,15-16H2,1-4H3,(H2,35,37,42)/b25-22+,34-27?. The third kappa shape index (κ3) is 6.49. The number of urea groups is 2. The molecule has 0 spiro atoms. The van der Waals surface area contributed by atoms with Gasteiger partial charge in [-0.05, 0) is 62.6 Å². The van der Waals surface area contributed by atoms with Crippen LogP contribution in [0.5, 0.6) is 5.75 Å². The Morgan fingerprint density at radius 2 is 1.52 bits per heavy atom. The van der Waals surface area contributed by atoms with Gasteiger partial charge in [-0.2, -0.15) is 0 Å². The average molecular weight is 610 g/mol. The van der Waals surface area contributed by atoms with Gasteiger partial charge >= 0.3 is 12.1 Å². The molecule has 11 nitrogen and oxygen atoms in total. The van der Waals surface area contributed by atoms with E-state index < -0.39 is 59.1 Å². The van der Waals surface area contributed by atoms with Crippen molar-refractivity contribution < 1.29 is 32.3 Å². The summed E-state index contributed by atoms with van der Waals surface area (Å²) in [5.41, 5.74) is -0.285. The lowest BCUT2D eigenvalue weighted by molar-refractivity contribution is -0.114. The quantitative estimate of drug-likeness (QED) is 0.260. The normalized spacial score (nSPS) is 14.6. The first-order valence-electron chi connectivity index (χ1n) is 13.2. The number of rotatable bonds is 9. The molecule has 0 aromatic heterocycles. The van der Waals surface area contributed by atoms with Gasteiger partial charge in [0, 0.05) is 36.2 Å². The SMILES string of the molecule is CNC(=O)Nc1ccc(N/C(CN(C)C)=C2\C(=N)N(Cc3c(F)cccc3F)C(=O)N(c3cccc(OC)c3F)C2=O)cc1. The van der Waals surface area contributed by atoms with Gasteiger partial charge in [-0.3, -0.25) is 15.1 Å². The number of hydrogen-bond acceptors (Lipinski definition) is 7. The van der Waals surface area contributed by atoms with Crippen molar-refractivity contribution >= 4 is 40.9 Å². The Kier molecular flexibility index (Phi) is 9.54. The van der Waals surface area contributed by atoms with Gasteiger partial charge in [0.05, 0.1) is 19.3 Å². The van der Waals surface area contributed by atoms with Crippen LogP contribution < -0.4 is 25.6 Å². The Labute approximate surface area is 251 Å². The van der Waals surface area contributed by atoms with Crippen molar-refractivity contribution in [3.63, 3.8) is 0 Å². The third-order valence-corrected chi connectivity index (χ3v) is 6.57. The van der Waals surface area contributed by atoms with Crippen molar-refractivity contribution in [1.82, 2.24) is 15.1 Å². The fourth-order valence-corrected chi connectivity index (χ4v) is 4.46. The topological polar surface area (TPSA) is 130 Å². The zero-order chi connectivity index (χ0) is 32.1. The van der Waals surface area contributed by atoms with Crippen LogP contribution in [0.25, 0.3) is 0 Å². The first-order valence-corrected chi connectivity index (χ1v) is 13.2. The van der Waals surface area contributed by atoms with E-state index in [1.807, 2.05) is 0 Å². The van der Waals surface area contributed by atoms with Crippen LogP contribution in [-0.2, 0) is 11.3 Å². The summed E-state index contributed by atoms with van der Waals surface area (Å²) in [6.07, 6.45) is 0. The van der Waals surface area contributed by atoms with E-state index >= 15 is 4.39 Å². The van der Waals surface area contributed by atoms with Crippen molar-refractivity contribution in [3.05, 3.63) is 94.9 Å². The molecule has 5 amide bonds. The van der Waals surface area contributed by atoms with Gasteiger partial charge < -0.3 is 25.6 Å². The van der Waals surface area contributed by atoms with Crippen LogP contribution in [0, 0.1) is 22.9 Å². The largest absolute Gasteiger partial charge is 0.494 e. The molecule has 1 aliphatic rings. The Bertz CT molecular complexity index is 1620. The van der Waals surface area contributed by atoms with E-state index in [0.717, 1.165) is 18.2 Å². The van der Waals surface area contributed by atoms with Gasteiger partial charge in [0.1, 0.15) is 23.0 Å². The number of carbonyl (C=O) groups excluding carboxylic acids is 3. The highest BCUT2D eigenvalue weighted by molar-refractivity contribution is 6.38. The summed E-state index contributed by atoms with van der Waals surface area (Å²) in [7, 11) is 6.08. The number of anilines is 3. The molecule has 3 aromatic carbocycles. The predicted molar refractivity (Wildman–Crippen MR) is 159 cm³/mol. The van der Waals surface area contributed by atoms with Crippen LogP contribution in [0.3, 0.4) is 0 Å². The number of benzene rings is 3. The second kappa shape index (κ2) is 13.3. The van der Waals surface area contributed by atoms with E-state index in [2.05, 4.69) is 16.0 Å². The fraction of sp³-hybridized carbons (Fsp3) is 0.200. The highest BCUT2D eigenvalue weighted by Crippen LogP contribution is 2.34. The second-order valence-corrected chi connectivity index (χ2v) is 9.85. The first kappa shape index (κ1) is 31.6. The number of hydrogen-bond donors (Lipinski definition) is 4. The molecule has 1 aliphatic heterocycles. The summed E-state index contributed by atoms with van der Waals surface area (Å²) in [6, 6.07) is 11.8. The number of nitrogens with zero attached hydrogens (tertiary/aromatic N) is 3. The van der Waals surface area contributed by atoms with E-state index in [4.69, 9.17) is 10.1 Å². The maximum Gasteiger partial charge on any atom is 0.337 e. The number of nitrogens with one attached hydrogen (secondary N) is 4. The molecule has 0 aliphatic carbocycles. The van der Waals surface area contributed by atoms with Gasteiger partial charge in [0.15, 0.2) is 11.6 Å². The van der Waals surface area contributed by atoms with E-state index in [0.29, 0.717) is 21.2 Å². The van der Waals surface area contributed by atoms with Crippen molar-refractivity contribution in [2.75, 3.05) is 50.3 Å². The summed E-state index contributed by atoms with van der Waals surface area (Å²) in [6.45, 7) is -0.726. The zero-order valence-corrected chi connectivity index (χ0v) is 24.3. The molecule has 4 rings (SSSR count). The maximum atomic E-state index is 15.5. The van der Waals surface area contributed by atoms with Gasteiger partial charge in [0.25, 0.3) is 5.91 Å². The monoisotopic (exact) mass is 609 g/mol. The van der Waals surface area contributed by atoms with E-state index in [1.165, 1.54) is 32.4 Å². The fourth-order valence-electron chi connectivity index (χ4n) is 4.46. The van der Waals surface area contributed by atoms with Gasteiger partial charge in [-0.15, -0.1) is 0 Å². The molecular formula is C30H30F3N7O4. The number of amides is 5. The molecule has 0 radical (unpaired) electrons. The lowest BCUT2D eigenvalue weighted by Crippen LogP contribution is -2.57. The summed E-state index contributed by atoms with van der Waals surface area (Å²) in [5, 5.41) is 17.1. The first-order chi connectivity index (χ1) is 21.0. The molecule has 0 unspecified atom stereocenters. The van der Waals surface area contributed by atoms with Gasteiger partial charge in [0.2, 0.25) is 0 Å². The lowest BCUT2D eigenvalue weighted by Gasteiger charge is -2.37. The highest BCUT2D eigenvalue weighted by atomic mass is 19.1. The molecule has 4 N–H and O–H groups in total. The molecule has 3 aromatic rings. The van der Waals surface area contributed by atoms with Crippen LogP contribution in [0.1, 0.15) is 5.56 Å². The van der Waals surface area contributed by atoms with Crippen LogP contribution in [-0.4, -0.2) is 68.4 Å². The number of imide groups is 1. The van der Waals surface area contributed by atoms with Crippen LogP contribution in [0.15, 0.2) is 71.9 Å². The summed E-state index contributed by atoms with van der Waals surface area (Å²) < 4.78 is 49.9. The van der Waals surface area contributed by atoms with Crippen LogP contribution in [0.2, 0.25) is 0 Å². The highest BCUT2D eigenvalue weighted by Gasteiger charge is 2.44. The molecule has 44 heavy (non-hydrogen) atoms. The minimum Gasteiger partial charge on any atom is -0.494 e. The number of amidine groups is 1. The molecule has 1 fully saturated rings. The molecule has 14 heteroatoms. The van der Waals surface area contributed by atoms with E-state index in [1.54, 1.807) is 43.3 Å². The number of halogens is 3. The molecule has 1 heterocycles. The molecular weight excluding hydrogens is 579 g/mol. The van der Waals surface area contributed by atoms with Crippen molar-refractivity contribution in [3.8, 4) is 5.75 Å². The second-order valence-electron chi connectivity index (χ2n) is 9.85. The van der Waals surface area contributed by atoms with Crippen LogP contribution in [0.4, 0.5) is 39.8 Å². The van der Waals surface area contributed by atoms with E-state index in [-0.39, 0.29) is 23.6 Å². The van der Waals surface area contributed by atoms with Gasteiger partial charge in [-0.25, -0.2) is 27.7 Å². The number of methoxy groups -OCH3 is 1. The lowest BCUT2D eigenvalue weighted by atomic mass is 10.0. The summed E-state index contributed by atoms with van der Waals surface area (Å²) in [4.78, 5) is 42.4. The van der Waals surface area contributed by atoms with E-state index in [9.17, 15) is 23.2 Å². The Hall–Kier alpha value is -5.37. The van der Waals surface area contributed by atoms with Crippen molar-refractivity contribution in [2.24, 2.45) is 0 Å². The third-order valence-electron chi connectivity index (χ3n) is 6.57. The molecule has 0 saturated carbocycles. The smallest absolute Gasteiger partial charge is 0.337 e. The van der Waals surface area contributed by atoms with Gasteiger partial charge in [-0.1, -0.05) is 12.1 Å². The molecule has 0 bridgehead atoms. The van der Waals surface area contributed by atoms with Crippen molar-refractivity contribution in [2.45, 2.75) is 6.54 Å². The zero-order valence-electron chi connectivity index (χ0n) is 24.3. The molecule has 230 valence electrons.